The quantitative estimate of drug-likeness (QED) is 0.505. The summed E-state index contributed by atoms with van der Waals surface area (Å²) in [6, 6.07) is -0.339. The molecule has 52 valence electrons. The molecule has 0 saturated carbocycles. The predicted octanol–water partition coefficient (Wildman–Crippen LogP) is -0.0974. The third kappa shape index (κ3) is 1.73. The first-order chi connectivity index (χ1) is 4.33. The lowest BCUT2D eigenvalue weighted by molar-refractivity contribution is -0.0153. The molecule has 4 heteroatoms. The monoisotopic (exact) mass is 131 g/mol. The minimum absolute atomic E-state index is 0.339. The molecule has 9 heavy (non-hydrogen) atoms. The SMILES string of the molecule is O=N[C@@H]1COC[C@H](O)C1. The summed E-state index contributed by atoms with van der Waals surface area (Å²) in [5.74, 6) is 0. The Balaban J connectivity index is 2.31. The molecule has 2 atom stereocenters. The fourth-order valence-corrected chi connectivity index (χ4v) is 0.864. The Morgan fingerprint density at radius 1 is 1.56 bits per heavy atom. The second-order valence-corrected chi connectivity index (χ2v) is 2.19. The van der Waals surface area contributed by atoms with Crippen molar-refractivity contribution in [3.8, 4) is 0 Å². The number of hydrogen-bond acceptors (Lipinski definition) is 4. The molecular formula is C5H9NO3. The molecule has 1 saturated heterocycles. The van der Waals surface area contributed by atoms with Crippen LogP contribution in [0.15, 0.2) is 5.18 Å². The molecule has 1 heterocycles. The number of hydrogen-bond donors (Lipinski definition) is 1. The van der Waals surface area contributed by atoms with Crippen LogP contribution in [-0.2, 0) is 4.74 Å². The van der Waals surface area contributed by atoms with Crippen LogP contribution in [-0.4, -0.2) is 30.5 Å². The van der Waals surface area contributed by atoms with Crippen LogP contribution in [0.3, 0.4) is 0 Å². The first-order valence-electron chi connectivity index (χ1n) is 2.91. The van der Waals surface area contributed by atoms with Crippen molar-refractivity contribution in [2.75, 3.05) is 13.2 Å². The number of nitroso groups, excluding NO2 is 1. The minimum atomic E-state index is -0.499. The van der Waals surface area contributed by atoms with Gasteiger partial charge in [-0.2, -0.15) is 4.91 Å². The fraction of sp³-hybridized carbons (Fsp3) is 1.00. The molecule has 1 fully saturated rings. The van der Waals surface area contributed by atoms with Gasteiger partial charge in [-0.25, -0.2) is 0 Å². The normalized spacial score (nSPS) is 36.1. The van der Waals surface area contributed by atoms with Crippen LogP contribution in [0.25, 0.3) is 0 Å². The average molecular weight is 131 g/mol. The second-order valence-electron chi connectivity index (χ2n) is 2.19. The van der Waals surface area contributed by atoms with Gasteiger partial charge in [-0.3, -0.25) is 0 Å². The molecule has 0 radical (unpaired) electrons. The lowest BCUT2D eigenvalue weighted by Crippen LogP contribution is -2.31. The molecule has 4 nitrogen and oxygen atoms in total. The van der Waals surface area contributed by atoms with Gasteiger partial charge in [0, 0.05) is 6.42 Å². The van der Waals surface area contributed by atoms with Gasteiger partial charge in [-0.1, -0.05) is 5.18 Å². The Labute approximate surface area is 52.8 Å². The van der Waals surface area contributed by atoms with Crippen LogP contribution in [0.2, 0.25) is 0 Å². The zero-order chi connectivity index (χ0) is 6.69. The largest absolute Gasteiger partial charge is 0.391 e. The Hall–Kier alpha value is -0.480. The number of aliphatic hydroxyl groups is 1. The second kappa shape index (κ2) is 2.89. The van der Waals surface area contributed by atoms with Gasteiger partial charge in [0.15, 0.2) is 0 Å². The van der Waals surface area contributed by atoms with Gasteiger partial charge in [0.05, 0.1) is 19.3 Å². The molecule has 0 spiro atoms. The summed E-state index contributed by atoms with van der Waals surface area (Å²) in [5.41, 5.74) is 0. The van der Waals surface area contributed by atoms with Crippen molar-refractivity contribution < 1.29 is 9.84 Å². The number of aliphatic hydroxyl groups excluding tert-OH is 1. The fourth-order valence-electron chi connectivity index (χ4n) is 0.864. The summed E-state index contributed by atoms with van der Waals surface area (Å²) in [7, 11) is 0. The summed E-state index contributed by atoms with van der Waals surface area (Å²) in [4.78, 5) is 9.86. The van der Waals surface area contributed by atoms with Crippen molar-refractivity contribution in [3.63, 3.8) is 0 Å². The van der Waals surface area contributed by atoms with Gasteiger partial charge < -0.3 is 9.84 Å². The van der Waals surface area contributed by atoms with Crippen molar-refractivity contribution >= 4 is 0 Å². The van der Waals surface area contributed by atoms with E-state index in [0.29, 0.717) is 19.6 Å². The highest BCUT2D eigenvalue weighted by Crippen LogP contribution is 2.09. The van der Waals surface area contributed by atoms with Gasteiger partial charge in [-0.05, 0) is 0 Å². The summed E-state index contributed by atoms with van der Waals surface area (Å²) in [5, 5.41) is 11.6. The smallest absolute Gasteiger partial charge is 0.118 e. The van der Waals surface area contributed by atoms with Crippen LogP contribution in [0.1, 0.15) is 6.42 Å². The van der Waals surface area contributed by atoms with Crippen LogP contribution in [0.5, 0.6) is 0 Å². The Bertz CT molecular complexity index is 106. The Morgan fingerprint density at radius 3 is 2.78 bits per heavy atom. The van der Waals surface area contributed by atoms with Crippen LogP contribution in [0.4, 0.5) is 0 Å². The predicted molar refractivity (Wildman–Crippen MR) is 31.0 cm³/mol. The maximum atomic E-state index is 9.86. The highest BCUT2D eigenvalue weighted by Gasteiger charge is 2.20. The van der Waals surface area contributed by atoms with E-state index >= 15 is 0 Å². The molecule has 0 aromatic rings. The lowest BCUT2D eigenvalue weighted by Gasteiger charge is -2.20. The van der Waals surface area contributed by atoms with Gasteiger partial charge in [0.2, 0.25) is 0 Å². The van der Waals surface area contributed by atoms with E-state index in [4.69, 9.17) is 9.84 Å². The summed E-state index contributed by atoms with van der Waals surface area (Å²) >= 11 is 0. The third-order valence-electron chi connectivity index (χ3n) is 1.31. The zero-order valence-corrected chi connectivity index (χ0v) is 4.99. The zero-order valence-electron chi connectivity index (χ0n) is 4.99. The van der Waals surface area contributed by atoms with E-state index in [1.54, 1.807) is 0 Å². The number of rotatable bonds is 1. The lowest BCUT2D eigenvalue weighted by atomic mass is 10.1. The van der Waals surface area contributed by atoms with Gasteiger partial charge >= 0.3 is 0 Å². The van der Waals surface area contributed by atoms with Crippen molar-refractivity contribution in [1.82, 2.24) is 0 Å². The topological polar surface area (TPSA) is 58.9 Å². The first-order valence-corrected chi connectivity index (χ1v) is 2.91. The van der Waals surface area contributed by atoms with Gasteiger partial charge in [-0.15, -0.1) is 0 Å². The summed E-state index contributed by atoms with van der Waals surface area (Å²) < 4.78 is 4.84. The van der Waals surface area contributed by atoms with Crippen molar-refractivity contribution in [2.24, 2.45) is 5.18 Å². The molecule has 0 unspecified atom stereocenters. The van der Waals surface area contributed by atoms with E-state index in [1.807, 2.05) is 0 Å². The van der Waals surface area contributed by atoms with E-state index in [-0.39, 0.29) is 6.04 Å². The molecular weight excluding hydrogens is 122 g/mol. The molecule has 1 aliphatic heterocycles. The van der Waals surface area contributed by atoms with E-state index in [2.05, 4.69) is 5.18 Å². The van der Waals surface area contributed by atoms with Crippen LogP contribution in [0, 0.1) is 4.91 Å². The Morgan fingerprint density at radius 2 is 2.33 bits per heavy atom. The summed E-state index contributed by atoms with van der Waals surface area (Å²) in [6.45, 7) is 0.701. The first kappa shape index (κ1) is 6.64. The Kier molecular flexibility index (Phi) is 2.13. The maximum absolute atomic E-state index is 9.86. The highest BCUT2D eigenvalue weighted by atomic mass is 16.5. The van der Waals surface area contributed by atoms with E-state index in [9.17, 15) is 4.91 Å². The van der Waals surface area contributed by atoms with Crippen molar-refractivity contribution in [1.29, 1.82) is 0 Å². The highest BCUT2D eigenvalue weighted by molar-refractivity contribution is 4.73. The minimum Gasteiger partial charge on any atom is -0.391 e. The third-order valence-corrected chi connectivity index (χ3v) is 1.31. The molecule has 0 aliphatic carbocycles. The molecule has 1 rings (SSSR count). The number of nitrogens with zero attached hydrogens (tertiary/aromatic N) is 1. The molecule has 1 aliphatic rings. The van der Waals surface area contributed by atoms with Gasteiger partial charge in [0.25, 0.3) is 0 Å². The molecule has 0 aromatic heterocycles. The maximum Gasteiger partial charge on any atom is 0.118 e. The van der Waals surface area contributed by atoms with Crippen molar-refractivity contribution in [2.45, 2.75) is 18.6 Å². The molecule has 0 bridgehead atoms. The number of ether oxygens (including phenoxy) is 1. The molecule has 1 N–H and O–H groups in total. The van der Waals surface area contributed by atoms with E-state index < -0.39 is 6.10 Å². The van der Waals surface area contributed by atoms with E-state index in [1.165, 1.54) is 0 Å². The van der Waals surface area contributed by atoms with Crippen LogP contribution >= 0.6 is 0 Å². The van der Waals surface area contributed by atoms with Crippen LogP contribution < -0.4 is 0 Å². The average Bonchev–Trinajstić information content (AvgIpc) is 1.88. The van der Waals surface area contributed by atoms with E-state index in [0.717, 1.165) is 0 Å². The van der Waals surface area contributed by atoms with Gasteiger partial charge in [0.1, 0.15) is 6.04 Å². The summed E-state index contributed by atoms with van der Waals surface area (Å²) in [6.07, 6.45) is -0.0507. The molecule has 0 amide bonds. The van der Waals surface area contributed by atoms with Crippen molar-refractivity contribution in [3.05, 3.63) is 4.91 Å². The standard InChI is InChI=1S/C5H9NO3/c7-5-1-4(6-8)2-9-3-5/h4-5,7H,1-3H2/t4-,5+/m0/s1. The molecule has 0 aromatic carbocycles.